The summed E-state index contributed by atoms with van der Waals surface area (Å²) in [5.74, 6) is 0.916. The van der Waals surface area contributed by atoms with Crippen molar-refractivity contribution in [2.24, 2.45) is 5.73 Å². The Kier molecular flexibility index (Phi) is 4.11. The van der Waals surface area contributed by atoms with E-state index in [1.54, 1.807) is 7.11 Å². The first-order chi connectivity index (χ1) is 8.61. The van der Waals surface area contributed by atoms with E-state index in [0.29, 0.717) is 18.3 Å². The third-order valence-corrected chi connectivity index (χ3v) is 3.41. The zero-order valence-corrected chi connectivity index (χ0v) is 11.8. The predicted molar refractivity (Wildman–Crippen MR) is 71.0 cm³/mol. The molecule has 18 heavy (non-hydrogen) atoms. The SMILES string of the molecule is COCC(N)c1noc(-c2ccc(Br)c(C)c2)n1. The highest BCUT2D eigenvalue weighted by molar-refractivity contribution is 9.10. The van der Waals surface area contributed by atoms with Crippen molar-refractivity contribution in [2.45, 2.75) is 13.0 Å². The fourth-order valence-electron chi connectivity index (χ4n) is 1.53. The van der Waals surface area contributed by atoms with E-state index in [-0.39, 0.29) is 6.04 Å². The lowest BCUT2D eigenvalue weighted by Crippen LogP contribution is -2.17. The van der Waals surface area contributed by atoms with Crippen LogP contribution in [0, 0.1) is 6.92 Å². The number of nitrogens with zero attached hydrogens (tertiary/aromatic N) is 2. The molecule has 1 atom stereocenters. The third kappa shape index (κ3) is 2.77. The minimum atomic E-state index is -0.371. The normalized spacial score (nSPS) is 12.7. The smallest absolute Gasteiger partial charge is 0.257 e. The van der Waals surface area contributed by atoms with Crippen LogP contribution in [0.25, 0.3) is 11.5 Å². The van der Waals surface area contributed by atoms with Crippen molar-refractivity contribution in [1.82, 2.24) is 10.1 Å². The molecule has 0 radical (unpaired) electrons. The fraction of sp³-hybridized carbons (Fsp3) is 0.333. The largest absolute Gasteiger partial charge is 0.383 e. The summed E-state index contributed by atoms with van der Waals surface area (Å²) in [4.78, 5) is 4.27. The van der Waals surface area contributed by atoms with E-state index in [1.165, 1.54) is 0 Å². The van der Waals surface area contributed by atoms with E-state index in [9.17, 15) is 0 Å². The molecule has 0 aliphatic carbocycles. The first-order valence-corrected chi connectivity index (χ1v) is 6.25. The van der Waals surface area contributed by atoms with Crippen molar-refractivity contribution in [1.29, 1.82) is 0 Å². The summed E-state index contributed by atoms with van der Waals surface area (Å²) in [6.07, 6.45) is 0. The van der Waals surface area contributed by atoms with Gasteiger partial charge in [-0.3, -0.25) is 0 Å². The fourth-order valence-corrected chi connectivity index (χ4v) is 1.78. The van der Waals surface area contributed by atoms with E-state index >= 15 is 0 Å². The van der Waals surface area contributed by atoms with Crippen LogP contribution in [-0.4, -0.2) is 23.9 Å². The Hall–Kier alpha value is -1.24. The number of benzene rings is 1. The topological polar surface area (TPSA) is 74.2 Å². The first-order valence-electron chi connectivity index (χ1n) is 5.46. The molecule has 1 aromatic heterocycles. The van der Waals surface area contributed by atoms with Gasteiger partial charge in [0.1, 0.15) is 0 Å². The van der Waals surface area contributed by atoms with Gasteiger partial charge in [-0.2, -0.15) is 4.98 Å². The number of methoxy groups -OCH3 is 1. The lowest BCUT2D eigenvalue weighted by Gasteiger charge is -2.03. The maximum atomic E-state index is 5.83. The van der Waals surface area contributed by atoms with Crippen LogP contribution >= 0.6 is 15.9 Å². The highest BCUT2D eigenvalue weighted by Gasteiger charge is 2.15. The van der Waals surface area contributed by atoms with Gasteiger partial charge in [-0.15, -0.1) is 0 Å². The van der Waals surface area contributed by atoms with Gasteiger partial charge in [0.25, 0.3) is 5.89 Å². The molecule has 0 bridgehead atoms. The molecule has 2 aromatic rings. The van der Waals surface area contributed by atoms with Gasteiger partial charge in [0, 0.05) is 17.1 Å². The van der Waals surface area contributed by atoms with Gasteiger partial charge in [0.2, 0.25) is 0 Å². The molecule has 96 valence electrons. The number of rotatable bonds is 4. The lowest BCUT2D eigenvalue weighted by atomic mass is 10.1. The average molecular weight is 312 g/mol. The standard InChI is InChI=1S/C12H14BrN3O2/c1-7-5-8(3-4-9(7)13)12-15-11(16-18-12)10(14)6-17-2/h3-5,10H,6,14H2,1-2H3. The molecule has 1 unspecified atom stereocenters. The monoisotopic (exact) mass is 311 g/mol. The van der Waals surface area contributed by atoms with E-state index in [2.05, 4.69) is 26.1 Å². The van der Waals surface area contributed by atoms with Crippen LogP contribution in [-0.2, 0) is 4.74 Å². The minimum absolute atomic E-state index is 0.359. The number of nitrogens with two attached hydrogens (primary N) is 1. The Bertz CT molecular complexity index is 542. The molecule has 0 fully saturated rings. The number of hydrogen-bond acceptors (Lipinski definition) is 5. The molecular formula is C12H14BrN3O2. The molecule has 0 aliphatic heterocycles. The average Bonchev–Trinajstić information content (AvgIpc) is 2.82. The molecule has 0 saturated heterocycles. The number of aryl methyl sites for hydroxylation is 1. The first kappa shape index (κ1) is 13.2. The van der Waals surface area contributed by atoms with E-state index in [0.717, 1.165) is 15.6 Å². The van der Waals surface area contributed by atoms with E-state index in [4.69, 9.17) is 15.0 Å². The van der Waals surface area contributed by atoms with Crippen molar-refractivity contribution in [3.63, 3.8) is 0 Å². The van der Waals surface area contributed by atoms with Gasteiger partial charge in [-0.05, 0) is 30.7 Å². The van der Waals surface area contributed by atoms with Crippen molar-refractivity contribution in [2.75, 3.05) is 13.7 Å². The summed E-state index contributed by atoms with van der Waals surface area (Å²) in [6.45, 7) is 2.36. The Morgan fingerprint density at radius 3 is 2.94 bits per heavy atom. The molecule has 1 aromatic carbocycles. The Morgan fingerprint density at radius 1 is 1.50 bits per heavy atom. The number of hydrogen-bond donors (Lipinski definition) is 1. The van der Waals surface area contributed by atoms with Gasteiger partial charge in [0.05, 0.1) is 12.6 Å². The lowest BCUT2D eigenvalue weighted by molar-refractivity contribution is 0.177. The summed E-state index contributed by atoms with van der Waals surface area (Å²) in [5.41, 5.74) is 7.81. The summed E-state index contributed by atoms with van der Waals surface area (Å²) < 4.78 is 11.2. The van der Waals surface area contributed by atoms with E-state index in [1.807, 2.05) is 25.1 Å². The van der Waals surface area contributed by atoms with Crippen molar-refractivity contribution >= 4 is 15.9 Å². The summed E-state index contributed by atoms with van der Waals surface area (Å²) in [6, 6.07) is 5.47. The van der Waals surface area contributed by atoms with Crippen LogP contribution in [0.1, 0.15) is 17.4 Å². The molecule has 0 spiro atoms. The van der Waals surface area contributed by atoms with Crippen LogP contribution in [0.4, 0.5) is 0 Å². The zero-order chi connectivity index (χ0) is 13.1. The van der Waals surface area contributed by atoms with Gasteiger partial charge < -0.3 is 15.0 Å². The summed E-state index contributed by atoms with van der Waals surface area (Å²) in [5, 5.41) is 3.86. The molecule has 0 amide bonds. The molecule has 5 nitrogen and oxygen atoms in total. The molecular weight excluding hydrogens is 298 g/mol. The number of aromatic nitrogens is 2. The highest BCUT2D eigenvalue weighted by atomic mass is 79.9. The minimum Gasteiger partial charge on any atom is -0.383 e. The van der Waals surface area contributed by atoms with Crippen LogP contribution in [0.2, 0.25) is 0 Å². The summed E-state index contributed by atoms with van der Waals surface area (Å²) >= 11 is 3.45. The van der Waals surface area contributed by atoms with Crippen LogP contribution in [0.5, 0.6) is 0 Å². The van der Waals surface area contributed by atoms with Crippen molar-refractivity contribution in [3.05, 3.63) is 34.1 Å². The van der Waals surface area contributed by atoms with Gasteiger partial charge in [0.15, 0.2) is 5.82 Å². The molecule has 0 aliphatic rings. The second-order valence-corrected chi connectivity index (χ2v) is 4.84. The summed E-state index contributed by atoms with van der Waals surface area (Å²) in [7, 11) is 1.58. The Morgan fingerprint density at radius 2 is 2.28 bits per heavy atom. The van der Waals surface area contributed by atoms with Crippen molar-refractivity contribution in [3.8, 4) is 11.5 Å². The van der Waals surface area contributed by atoms with Gasteiger partial charge in [-0.1, -0.05) is 21.1 Å². The van der Waals surface area contributed by atoms with Crippen LogP contribution < -0.4 is 5.73 Å². The number of halogens is 1. The van der Waals surface area contributed by atoms with Gasteiger partial charge >= 0.3 is 0 Å². The predicted octanol–water partition coefficient (Wildman–Crippen LogP) is 2.45. The second kappa shape index (κ2) is 5.60. The quantitative estimate of drug-likeness (QED) is 0.938. The van der Waals surface area contributed by atoms with Gasteiger partial charge in [-0.25, -0.2) is 0 Å². The highest BCUT2D eigenvalue weighted by Crippen LogP contribution is 2.24. The Balaban J connectivity index is 2.26. The molecule has 2 N–H and O–H groups in total. The van der Waals surface area contributed by atoms with Crippen LogP contribution in [0.3, 0.4) is 0 Å². The Labute approximate surface area is 113 Å². The number of ether oxygens (including phenoxy) is 1. The maximum absolute atomic E-state index is 5.83. The molecule has 6 heteroatoms. The molecule has 0 saturated carbocycles. The van der Waals surface area contributed by atoms with Crippen LogP contribution in [0.15, 0.2) is 27.2 Å². The molecule has 1 heterocycles. The third-order valence-electron chi connectivity index (χ3n) is 2.52. The molecule has 2 rings (SSSR count). The zero-order valence-electron chi connectivity index (χ0n) is 10.2. The second-order valence-electron chi connectivity index (χ2n) is 3.98. The maximum Gasteiger partial charge on any atom is 0.257 e. The van der Waals surface area contributed by atoms with E-state index < -0.39 is 0 Å². The van der Waals surface area contributed by atoms with Crippen molar-refractivity contribution < 1.29 is 9.26 Å².